The lowest BCUT2D eigenvalue weighted by Crippen LogP contribution is -2.68. The van der Waals surface area contributed by atoms with Crippen LogP contribution in [-0.2, 0) is 14.6 Å². The Morgan fingerprint density at radius 1 is 1.33 bits per heavy atom. The number of fused-ring (bicyclic) bond motifs is 1. The second-order valence-corrected chi connectivity index (χ2v) is 10.5. The molecular formula is C18H27BrIN3O3S. The predicted molar refractivity (Wildman–Crippen MR) is 122 cm³/mol. The molecule has 1 saturated carbocycles. The van der Waals surface area contributed by atoms with E-state index < -0.39 is 9.84 Å². The quantitative estimate of drug-likeness (QED) is 0.323. The van der Waals surface area contributed by atoms with Crippen molar-refractivity contribution in [2.24, 2.45) is 16.3 Å². The second kappa shape index (κ2) is 8.96. The minimum Gasteiger partial charge on any atom is -0.377 e. The lowest BCUT2D eigenvalue weighted by Gasteiger charge is -2.54. The Morgan fingerprint density at radius 3 is 2.63 bits per heavy atom. The van der Waals surface area contributed by atoms with E-state index in [0.717, 1.165) is 17.5 Å². The van der Waals surface area contributed by atoms with E-state index in [4.69, 9.17) is 4.74 Å². The summed E-state index contributed by atoms with van der Waals surface area (Å²) in [7, 11) is -1.62. The summed E-state index contributed by atoms with van der Waals surface area (Å²) in [5.41, 5.74) is 0.0439. The molecule has 2 fully saturated rings. The van der Waals surface area contributed by atoms with Crippen LogP contribution in [0.25, 0.3) is 0 Å². The van der Waals surface area contributed by atoms with Crippen LogP contribution in [-0.4, -0.2) is 52.5 Å². The number of halogens is 2. The Bertz CT molecular complexity index is 784. The van der Waals surface area contributed by atoms with Gasteiger partial charge < -0.3 is 15.4 Å². The number of aliphatic imine (C=N–C) groups is 1. The Labute approximate surface area is 187 Å². The summed E-state index contributed by atoms with van der Waals surface area (Å²) in [6.07, 6.45) is 1.36. The molecule has 2 aliphatic rings. The molecule has 0 bridgehead atoms. The van der Waals surface area contributed by atoms with E-state index in [2.05, 4.69) is 45.4 Å². The first kappa shape index (κ1) is 22.9. The van der Waals surface area contributed by atoms with Crippen LogP contribution in [0, 0.1) is 11.3 Å². The van der Waals surface area contributed by atoms with Gasteiger partial charge in [-0.3, -0.25) is 4.99 Å². The molecule has 0 amide bonds. The number of benzene rings is 1. The molecule has 0 radical (unpaired) electrons. The molecule has 1 aliphatic heterocycles. The average Bonchev–Trinajstić information content (AvgIpc) is 3.05. The van der Waals surface area contributed by atoms with Gasteiger partial charge in [0, 0.05) is 42.0 Å². The van der Waals surface area contributed by atoms with Crippen molar-refractivity contribution >= 4 is 55.7 Å². The molecule has 3 unspecified atom stereocenters. The molecule has 1 aliphatic carbocycles. The number of hydrogen-bond acceptors (Lipinski definition) is 4. The molecule has 0 spiro atoms. The summed E-state index contributed by atoms with van der Waals surface area (Å²) in [6.45, 7) is 5.51. The van der Waals surface area contributed by atoms with Gasteiger partial charge in [0.05, 0.1) is 16.8 Å². The number of nitrogens with zero attached hydrogens (tertiary/aromatic N) is 1. The van der Waals surface area contributed by atoms with E-state index in [1.54, 1.807) is 31.3 Å². The van der Waals surface area contributed by atoms with Gasteiger partial charge >= 0.3 is 0 Å². The van der Waals surface area contributed by atoms with Crippen LogP contribution >= 0.6 is 39.9 Å². The summed E-state index contributed by atoms with van der Waals surface area (Å²) >= 11 is 3.32. The summed E-state index contributed by atoms with van der Waals surface area (Å²) in [6, 6.07) is 6.98. The van der Waals surface area contributed by atoms with Gasteiger partial charge in [-0.15, -0.1) is 24.0 Å². The number of guanidine groups is 1. The molecule has 2 N–H and O–H groups in total. The molecule has 3 rings (SSSR count). The van der Waals surface area contributed by atoms with Gasteiger partial charge in [-0.05, 0) is 30.7 Å². The summed E-state index contributed by atoms with van der Waals surface area (Å²) in [5, 5.41) is 6.59. The largest absolute Gasteiger partial charge is 0.377 e. The molecule has 9 heteroatoms. The van der Waals surface area contributed by atoms with Gasteiger partial charge in [-0.1, -0.05) is 29.8 Å². The highest BCUT2D eigenvalue weighted by Crippen LogP contribution is 2.52. The smallest absolute Gasteiger partial charge is 0.191 e. The highest BCUT2D eigenvalue weighted by atomic mass is 127. The number of sulfone groups is 1. The van der Waals surface area contributed by atoms with E-state index in [1.165, 1.54) is 0 Å². The van der Waals surface area contributed by atoms with Crippen molar-refractivity contribution < 1.29 is 13.2 Å². The zero-order chi connectivity index (χ0) is 18.9. The topological polar surface area (TPSA) is 79.8 Å². The fraction of sp³-hybridized carbons (Fsp3) is 0.611. The highest BCUT2D eigenvalue weighted by molar-refractivity contribution is 14.0. The van der Waals surface area contributed by atoms with Crippen LogP contribution in [0.3, 0.4) is 0 Å². The third kappa shape index (κ3) is 4.79. The number of ether oxygens (including phenoxy) is 1. The normalized spacial score (nSPS) is 26.5. The third-order valence-electron chi connectivity index (χ3n) is 5.45. The molecule has 1 aromatic carbocycles. The van der Waals surface area contributed by atoms with E-state index in [1.807, 2.05) is 0 Å². The van der Waals surface area contributed by atoms with Gasteiger partial charge in [0.15, 0.2) is 15.8 Å². The van der Waals surface area contributed by atoms with Crippen LogP contribution in [0.1, 0.15) is 20.3 Å². The zero-order valence-electron chi connectivity index (χ0n) is 15.7. The van der Waals surface area contributed by atoms with Gasteiger partial charge in [0.2, 0.25) is 0 Å². The van der Waals surface area contributed by atoms with Crippen LogP contribution in [0.4, 0.5) is 0 Å². The molecule has 0 aromatic heterocycles. The van der Waals surface area contributed by atoms with Crippen molar-refractivity contribution in [1.29, 1.82) is 0 Å². The molecular weight excluding hydrogens is 545 g/mol. The predicted octanol–water partition coefficient (Wildman–Crippen LogP) is 2.82. The lowest BCUT2D eigenvalue weighted by molar-refractivity contribution is -0.106. The van der Waals surface area contributed by atoms with E-state index in [9.17, 15) is 8.42 Å². The standard InChI is InChI=1S/C18H26BrN3O3S.HI/c1-18(2)15(14-8-10-25-16(14)18)22-17(20-3)21-9-11-26(23,24)13-6-4-12(19)5-7-13;/h4-7,14-16H,8-11H2,1-3H3,(H2,20,21,22);1H. The van der Waals surface area contributed by atoms with Crippen molar-refractivity contribution in [3.63, 3.8) is 0 Å². The van der Waals surface area contributed by atoms with Crippen molar-refractivity contribution in [2.45, 2.75) is 37.3 Å². The summed E-state index contributed by atoms with van der Waals surface area (Å²) < 4.78 is 31.5. The van der Waals surface area contributed by atoms with Crippen LogP contribution in [0.5, 0.6) is 0 Å². The fourth-order valence-electron chi connectivity index (χ4n) is 4.02. The van der Waals surface area contributed by atoms with Crippen molar-refractivity contribution in [3.8, 4) is 0 Å². The fourth-order valence-corrected chi connectivity index (χ4v) is 5.44. The third-order valence-corrected chi connectivity index (χ3v) is 7.71. The Kier molecular flexibility index (Phi) is 7.60. The van der Waals surface area contributed by atoms with Crippen molar-refractivity contribution in [1.82, 2.24) is 10.6 Å². The Morgan fingerprint density at radius 2 is 2.00 bits per heavy atom. The van der Waals surface area contributed by atoms with Gasteiger partial charge in [0.1, 0.15) is 0 Å². The van der Waals surface area contributed by atoms with Crippen LogP contribution in [0.2, 0.25) is 0 Å². The molecule has 1 saturated heterocycles. The average molecular weight is 572 g/mol. The second-order valence-electron chi connectivity index (χ2n) is 7.46. The Hall–Kier alpha value is -0.390. The minimum atomic E-state index is -3.32. The molecule has 1 aromatic rings. The minimum absolute atomic E-state index is 0. The summed E-state index contributed by atoms with van der Waals surface area (Å²) in [4.78, 5) is 4.58. The molecule has 152 valence electrons. The Balaban J connectivity index is 0.00000261. The zero-order valence-corrected chi connectivity index (χ0v) is 20.5. The van der Waals surface area contributed by atoms with Gasteiger partial charge in [-0.2, -0.15) is 0 Å². The SMILES string of the molecule is CN=C(NCCS(=O)(=O)c1ccc(Br)cc1)NC1C2CCOC2C1(C)C.I. The number of rotatable bonds is 5. The highest BCUT2D eigenvalue weighted by Gasteiger charge is 2.59. The number of hydrogen-bond donors (Lipinski definition) is 2. The first-order valence-corrected chi connectivity index (χ1v) is 11.3. The van der Waals surface area contributed by atoms with E-state index >= 15 is 0 Å². The van der Waals surface area contributed by atoms with Crippen LogP contribution < -0.4 is 10.6 Å². The molecule has 27 heavy (non-hydrogen) atoms. The van der Waals surface area contributed by atoms with Crippen molar-refractivity contribution in [3.05, 3.63) is 28.7 Å². The molecule has 6 nitrogen and oxygen atoms in total. The maximum absolute atomic E-state index is 12.4. The first-order chi connectivity index (χ1) is 12.3. The van der Waals surface area contributed by atoms with Crippen molar-refractivity contribution in [2.75, 3.05) is 26.0 Å². The molecule has 1 heterocycles. The van der Waals surface area contributed by atoms with Crippen LogP contribution in [0.15, 0.2) is 38.6 Å². The van der Waals surface area contributed by atoms with E-state index in [-0.39, 0.29) is 41.2 Å². The van der Waals surface area contributed by atoms with Gasteiger partial charge in [0.25, 0.3) is 0 Å². The lowest BCUT2D eigenvalue weighted by atomic mass is 9.57. The maximum atomic E-state index is 12.4. The summed E-state index contributed by atoms with van der Waals surface area (Å²) in [5.74, 6) is 1.15. The monoisotopic (exact) mass is 571 g/mol. The van der Waals surface area contributed by atoms with Gasteiger partial charge in [-0.25, -0.2) is 8.42 Å². The maximum Gasteiger partial charge on any atom is 0.191 e. The number of nitrogens with one attached hydrogen (secondary N) is 2. The first-order valence-electron chi connectivity index (χ1n) is 8.83. The molecule has 3 atom stereocenters. The van der Waals surface area contributed by atoms with E-state index in [0.29, 0.717) is 29.4 Å².